The normalized spacial score (nSPS) is 22.2. The Kier molecular flexibility index (Phi) is 4.14. The minimum absolute atomic E-state index is 0.0945. The number of aromatic nitrogens is 2. The molecular formula is C17H18BrN3O3. The second-order valence-corrected chi connectivity index (χ2v) is 7.07. The van der Waals surface area contributed by atoms with Gasteiger partial charge < -0.3 is 14.2 Å². The number of amides is 1. The van der Waals surface area contributed by atoms with Gasteiger partial charge in [-0.3, -0.25) is 4.79 Å². The summed E-state index contributed by atoms with van der Waals surface area (Å²) in [6, 6.07) is 8.05. The van der Waals surface area contributed by atoms with Crippen molar-refractivity contribution < 1.29 is 14.1 Å². The zero-order valence-electron chi connectivity index (χ0n) is 13.3. The number of likely N-dealkylation sites (tertiary alicyclic amines) is 1. The fraction of sp³-hybridized carbons (Fsp3) is 0.471. The topological polar surface area (TPSA) is 68.5 Å². The highest BCUT2D eigenvalue weighted by molar-refractivity contribution is 9.10. The smallest absolute Gasteiger partial charge is 0.249 e. The van der Waals surface area contributed by atoms with Crippen molar-refractivity contribution in [3.05, 3.63) is 46.0 Å². The summed E-state index contributed by atoms with van der Waals surface area (Å²) >= 11 is 3.53. The first-order valence-corrected chi connectivity index (χ1v) is 8.90. The van der Waals surface area contributed by atoms with Crippen molar-refractivity contribution in [2.45, 2.75) is 43.9 Å². The van der Waals surface area contributed by atoms with Crippen LogP contribution in [0.25, 0.3) is 0 Å². The van der Waals surface area contributed by atoms with E-state index in [1.54, 1.807) is 7.11 Å². The number of hydrogen-bond acceptors (Lipinski definition) is 5. The Hall–Kier alpha value is -1.73. The molecule has 4 rings (SSSR count). The van der Waals surface area contributed by atoms with E-state index in [-0.39, 0.29) is 11.9 Å². The summed E-state index contributed by atoms with van der Waals surface area (Å²) in [5.74, 6) is 1.18. The first-order chi connectivity index (χ1) is 11.7. The van der Waals surface area contributed by atoms with Crippen LogP contribution < -0.4 is 0 Å². The van der Waals surface area contributed by atoms with Gasteiger partial charge in [-0.25, -0.2) is 0 Å². The van der Waals surface area contributed by atoms with Gasteiger partial charge in [0, 0.05) is 29.6 Å². The molecule has 1 amide bonds. The summed E-state index contributed by atoms with van der Waals surface area (Å²) in [7, 11) is 1.62. The minimum atomic E-state index is -0.412. The van der Waals surface area contributed by atoms with E-state index < -0.39 is 6.10 Å². The quantitative estimate of drug-likeness (QED) is 0.780. The number of benzene rings is 1. The number of nitrogens with zero attached hydrogens (tertiary/aromatic N) is 3. The second kappa shape index (κ2) is 6.29. The molecule has 0 spiro atoms. The van der Waals surface area contributed by atoms with Gasteiger partial charge in [0.25, 0.3) is 0 Å². The highest BCUT2D eigenvalue weighted by Crippen LogP contribution is 2.41. The molecule has 2 fully saturated rings. The third kappa shape index (κ3) is 2.75. The van der Waals surface area contributed by atoms with E-state index >= 15 is 0 Å². The zero-order chi connectivity index (χ0) is 16.7. The molecule has 0 N–H and O–H groups in total. The van der Waals surface area contributed by atoms with E-state index in [0.717, 1.165) is 29.3 Å². The van der Waals surface area contributed by atoms with Gasteiger partial charge in [-0.05, 0) is 25.3 Å². The Labute approximate surface area is 148 Å². The number of rotatable bonds is 5. The molecule has 1 aromatic heterocycles. The second-order valence-electron chi connectivity index (χ2n) is 6.21. The summed E-state index contributed by atoms with van der Waals surface area (Å²) in [5, 5.41) is 4.12. The van der Waals surface area contributed by atoms with Crippen LogP contribution in [0.4, 0.5) is 0 Å². The van der Waals surface area contributed by atoms with Crippen LogP contribution in [0.1, 0.15) is 55.1 Å². The van der Waals surface area contributed by atoms with E-state index in [4.69, 9.17) is 9.26 Å². The van der Waals surface area contributed by atoms with E-state index in [1.807, 2.05) is 29.2 Å². The largest absolute Gasteiger partial charge is 0.369 e. The Morgan fingerprint density at radius 2 is 2.12 bits per heavy atom. The maximum Gasteiger partial charge on any atom is 0.249 e. The molecule has 2 atom stereocenters. The summed E-state index contributed by atoms with van der Waals surface area (Å²) in [6.07, 6.45) is 3.02. The van der Waals surface area contributed by atoms with Crippen LogP contribution in [0.5, 0.6) is 0 Å². The highest BCUT2D eigenvalue weighted by Gasteiger charge is 2.44. The molecule has 0 bridgehead atoms. The van der Waals surface area contributed by atoms with Crippen LogP contribution in [-0.2, 0) is 9.53 Å². The Balaban J connectivity index is 1.62. The molecule has 2 aromatic rings. The van der Waals surface area contributed by atoms with Crippen molar-refractivity contribution in [2.75, 3.05) is 7.11 Å². The van der Waals surface area contributed by atoms with Gasteiger partial charge in [0.1, 0.15) is 12.1 Å². The van der Waals surface area contributed by atoms with E-state index in [0.29, 0.717) is 24.2 Å². The summed E-state index contributed by atoms with van der Waals surface area (Å²) < 4.78 is 12.0. The summed E-state index contributed by atoms with van der Waals surface area (Å²) in [5.41, 5.74) is 0.939. The van der Waals surface area contributed by atoms with Gasteiger partial charge in [-0.1, -0.05) is 39.3 Å². The maximum absolute atomic E-state index is 12.1. The van der Waals surface area contributed by atoms with Crippen molar-refractivity contribution >= 4 is 21.8 Å². The SMILES string of the molecule is COC(c1noc(C2CCC(=O)N2C2CC2)n1)c1ccccc1Br. The van der Waals surface area contributed by atoms with Gasteiger partial charge in [0.05, 0.1) is 0 Å². The zero-order valence-corrected chi connectivity index (χ0v) is 14.9. The monoisotopic (exact) mass is 391 g/mol. The van der Waals surface area contributed by atoms with Gasteiger partial charge >= 0.3 is 0 Å². The fourth-order valence-electron chi connectivity index (χ4n) is 3.30. The lowest BCUT2D eigenvalue weighted by Crippen LogP contribution is -2.30. The molecule has 24 heavy (non-hydrogen) atoms. The molecule has 2 heterocycles. The Morgan fingerprint density at radius 3 is 2.83 bits per heavy atom. The summed E-state index contributed by atoms with van der Waals surface area (Å²) in [6.45, 7) is 0. The van der Waals surface area contributed by atoms with Crippen LogP contribution >= 0.6 is 15.9 Å². The lowest BCUT2D eigenvalue weighted by Gasteiger charge is -2.21. The lowest BCUT2D eigenvalue weighted by atomic mass is 10.1. The molecule has 0 radical (unpaired) electrons. The number of ether oxygens (including phenoxy) is 1. The minimum Gasteiger partial charge on any atom is -0.369 e. The summed E-state index contributed by atoms with van der Waals surface area (Å²) in [4.78, 5) is 18.6. The predicted molar refractivity (Wildman–Crippen MR) is 89.1 cm³/mol. The van der Waals surface area contributed by atoms with Gasteiger partial charge in [-0.15, -0.1) is 0 Å². The molecular weight excluding hydrogens is 374 g/mol. The van der Waals surface area contributed by atoms with Gasteiger partial charge in [-0.2, -0.15) is 4.98 Å². The van der Waals surface area contributed by atoms with Crippen molar-refractivity contribution in [3.63, 3.8) is 0 Å². The number of carbonyl (C=O) groups is 1. The molecule has 1 saturated heterocycles. The molecule has 2 aliphatic rings. The fourth-order valence-corrected chi connectivity index (χ4v) is 3.80. The average Bonchev–Trinajstić information content (AvgIpc) is 3.17. The molecule has 1 aromatic carbocycles. The van der Waals surface area contributed by atoms with Crippen molar-refractivity contribution in [2.24, 2.45) is 0 Å². The molecule has 2 unspecified atom stereocenters. The molecule has 1 aliphatic heterocycles. The Bertz CT molecular complexity index is 759. The first kappa shape index (κ1) is 15.8. The number of carbonyl (C=O) groups excluding carboxylic acids is 1. The van der Waals surface area contributed by atoms with E-state index in [1.165, 1.54) is 0 Å². The van der Waals surface area contributed by atoms with Crippen molar-refractivity contribution in [1.82, 2.24) is 15.0 Å². The number of hydrogen-bond donors (Lipinski definition) is 0. The molecule has 6 nitrogen and oxygen atoms in total. The van der Waals surface area contributed by atoms with Crippen LogP contribution in [0.2, 0.25) is 0 Å². The molecule has 7 heteroatoms. The van der Waals surface area contributed by atoms with Crippen LogP contribution in [0, 0.1) is 0 Å². The van der Waals surface area contributed by atoms with Gasteiger partial charge in [0.15, 0.2) is 0 Å². The van der Waals surface area contributed by atoms with Crippen molar-refractivity contribution in [3.8, 4) is 0 Å². The van der Waals surface area contributed by atoms with Gasteiger partial charge in [0.2, 0.25) is 17.6 Å². The van der Waals surface area contributed by atoms with E-state index in [9.17, 15) is 4.79 Å². The van der Waals surface area contributed by atoms with Crippen molar-refractivity contribution in [1.29, 1.82) is 0 Å². The van der Waals surface area contributed by atoms with E-state index in [2.05, 4.69) is 26.1 Å². The highest BCUT2D eigenvalue weighted by atomic mass is 79.9. The standard InChI is InChI=1S/C17H18BrN3O3/c1-23-15(11-4-2-3-5-12(11)18)16-19-17(24-20-16)13-8-9-14(22)21(13)10-6-7-10/h2-5,10,13,15H,6-9H2,1H3. The number of methoxy groups -OCH3 is 1. The third-order valence-electron chi connectivity index (χ3n) is 4.60. The average molecular weight is 392 g/mol. The van der Waals surface area contributed by atoms with Crippen LogP contribution in [0.3, 0.4) is 0 Å². The third-order valence-corrected chi connectivity index (χ3v) is 5.32. The molecule has 126 valence electrons. The molecule has 1 aliphatic carbocycles. The van der Waals surface area contributed by atoms with Crippen LogP contribution in [-0.4, -0.2) is 34.1 Å². The lowest BCUT2D eigenvalue weighted by molar-refractivity contribution is -0.129. The molecule has 1 saturated carbocycles. The Morgan fingerprint density at radius 1 is 1.33 bits per heavy atom. The van der Waals surface area contributed by atoms with Crippen LogP contribution in [0.15, 0.2) is 33.3 Å². The first-order valence-electron chi connectivity index (χ1n) is 8.11. The number of halogens is 1. The predicted octanol–water partition coefficient (Wildman–Crippen LogP) is 3.39. The maximum atomic E-state index is 12.1.